The molecule has 36 heavy (non-hydrogen) atoms. The number of phenolic OH excluding ortho intramolecular Hbond substituents is 2. The molecular formula is C27H21FN4O4. The Morgan fingerprint density at radius 3 is 2.39 bits per heavy atom. The van der Waals surface area contributed by atoms with Crippen molar-refractivity contribution in [1.29, 1.82) is 0 Å². The molecule has 1 atom stereocenters. The van der Waals surface area contributed by atoms with Gasteiger partial charge in [-0.05, 0) is 36.4 Å². The average Bonchev–Trinajstić information content (AvgIpc) is 3.23. The number of phenols is 2. The van der Waals surface area contributed by atoms with Gasteiger partial charge in [-0.2, -0.15) is 0 Å². The van der Waals surface area contributed by atoms with Crippen LogP contribution in [0.5, 0.6) is 11.5 Å². The summed E-state index contributed by atoms with van der Waals surface area (Å²) in [5.74, 6) is -0.800. The van der Waals surface area contributed by atoms with E-state index in [-0.39, 0.29) is 22.4 Å². The maximum atomic E-state index is 15.3. The Hall–Kier alpha value is -4.79. The van der Waals surface area contributed by atoms with Crippen LogP contribution < -0.4 is 16.6 Å². The third kappa shape index (κ3) is 2.86. The molecular weight excluding hydrogens is 463 g/mol. The number of fused-ring (bicyclic) bond motifs is 5. The molecule has 9 heteroatoms. The number of para-hydroxylation sites is 2. The predicted octanol–water partition coefficient (Wildman–Crippen LogP) is 3.76. The fraction of sp³-hybridized carbons (Fsp3) is 0.111. The van der Waals surface area contributed by atoms with E-state index < -0.39 is 23.1 Å². The van der Waals surface area contributed by atoms with E-state index in [1.807, 2.05) is 24.3 Å². The van der Waals surface area contributed by atoms with Gasteiger partial charge in [0.25, 0.3) is 5.56 Å². The highest BCUT2D eigenvalue weighted by molar-refractivity contribution is 5.99. The minimum absolute atomic E-state index is 0.110. The van der Waals surface area contributed by atoms with Crippen LogP contribution in [0.1, 0.15) is 17.3 Å². The normalized spacial score (nSPS) is 14.4. The lowest BCUT2D eigenvalue weighted by Crippen LogP contribution is -2.37. The van der Waals surface area contributed by atoms with E-state index in [4.69, 9.17) is 0 Å². The van der Waals surface area contributed by atoms with Crippen molar-refractivity contribution in [2.75, 3.05) is 5.32 Å². The lowest BCUT2D eigenvalue weighted by atomic mass is 9.98. The standard InChI is InChI=1S/C27H21FN4O4/c1-30-24-21(26(35)31(2)27(30)36)23(15-7-3-4-8-17(15)28)32-19-10-6-5-9-18(19)29-22(25(24)32)16-12-11-14(33)13-20(16)34/h3-13,22,29,33-34H,1-2H3. The number of aromatic nitrogens is 3. The summed E-state index contributed by atoms with van der Waals surface area (Å²) in [5, 5.41) is 24.2. The van der Waals surface area contributed by atoms with Crippen LogP contribution in [-0.4, -0.2) is 23.9 Å². The summed E-state index contributed by atoms with van der Waals surface area (Å²) in [6, 6.07) is 17.0. The Morgan fingerprint density at radius 1 is 0.917 bits per heavy atom. The van der Waals surface area contributed by atoms with Crippen LogP contribution in [0, 0.1) is 5.82 Å². The lowest BCUT2D eigenvalue weighted by molar-refractivity contribution is 0.444. The van der Waals surface area contributed by atoms with Crippen molar-refractivity contribution >= 4 is 16.6 Å². The van der Waals surface area contributed by atoms with Gasteiger partial charge < -0.3 is 20.1 Å². The number of anilines is 1. The van der Waals surface area contributed by atoms with Crippen LogP contribution in [0.4, 0.5) is 10.1 Å². The maximum absolute atomic E-state index is 15.3. The molecule has 6 rings (SSSR count). The Labute approximate surface area is 203 Å². The smallest absolute Gasteiger partial charge is 0.331 e. The van der Waals surface area contributed by atoms with E-state index >= 15 is 4.39 Å². The largest absolute Gasteiger partial charge is 0.508 e. The zero-order valence-electron chi connectivity index (χ0n) is 19.4. The quantitative estimate of drug-likeness (QED) is 0.354. The summed E-state index contributed by atoms with van der Waals surface area (Å²) >= 11 is 0. The van der Waals surface area contributed by atoms with Crippen LogP contribution in [0.25, 0.3) is 27.8 Å². The van der Waals surface area contributed by atoms with Crippen LogP contribution in [-0.2, 0) is 14.1 Å². The molecule has 5 aromatic rings. The Morgan fingerprint density at radius 2 is 1.64 bits per heavy atom. The van der Waals surface area contributed by atoms with E-state index in [9.17, 15) is 19.8 Å². The minimum Gasteiger partial charge on any atom is -0.508 e. The van der Waals surface area contributed by atoms with Gasteiger partial charge in [-0.15, -0.1) is 0 Å². The molecule has 0 aliphatic carbocycles. The molecule has 3 heterocycles. The number of rotatable bonds is 2. The number of benzene rings is 3. The van der Waals surface area contributed by atoms with Gasteiger partial charge >= 0.3 is 5.69 Å². The summed E-state index contributed by atoms with van der Waals surface area (Å²) in [4.78, 5) is 26.6. The fourth-order valence-electron chi connectivity index (χ4n) is 5.14. The summed E-state index contributed by atoms with van der Waals surface area (Å²) in [6.07, 6.45) is 0. The second kappa shape index (κ2) is 7.61. The van der Waals surface area contributed by atoms with E-state index in [1.54, 1.807) is 35.9 Å². The maximum Gasteiger partial charge on any atom is 0.331 e. The Kier molecular flexibility index (Phi) is 4.59. The van der Waals surface area contributed by atoms with Crippen molar-refractivity contribution in [2.45, 2.75) is 6.04 Å². The third-order valence-corrected chi connectivity index (χ3v) is 6.78. The first-order valence-corrected chi connectivity index (χ1v) is 11.3. The van der Waals surface area contributed by atoms with Crippen molar-refractivity contribution in [3.05, 3.63) is 105 Å². The molecule has 1 aliphatic rings. The average molecular weight is 484 g/mol. The molecule has 3 N–H and O–H groups in total. The van der Waals surface area contributed by atoms with Crippen LogP contribution in [0.15, 0.2) is 76.3 Å². The molecule has 0 radical (unpaired) electrons. The topological polar surface area (TPSA) is 101 Å². The number of halogens is 1. The van der Waals surface area contributed by atoms with Gasteiger partial charge in [0.2, 0.25) is 0 Å². The zero-order valence-corrected chi connectivity index (χ0v) is 19.4. The van der Waals surface area contributed by atoms with Gasteiger partial charge in [0.1, 0.15) is 17.3 Å². The number of hydrogen-bond donors (Lipinski definition) is 3. The molecule has 0 fully saturated rings. The van der Waals surface area contributed by atoms with Crippen LogP contribution in [0.2, 0.25) is 0 Å². The second-order valence-corrected chi connectivity index (χ2v) is 8.82. The van der Waals surface area contributed by atoms with Gasteiger partial charge in [-0.3, -0.25) is 13.9 Å². The highest BCUT2D eigenvalue weighted by Crippen LogP contribution is 2.47. The molecule has 0 spiro atoms. The van der Waals surface area contributed by atoms with Gasteiger partial charge in [-0.1, -0.05) is 24.3 Å². The summed E-state index contributed by atoms with van der Waals surface area (Å²) in [7, 11) is 2.95. The van der Waals surface area contributed by atoms with Crippen LogP contribution >= 0.6 is 0 Å². The molecule has 1 unspecified atom stereocenters. The molecule has 0 saturated carbocycles. The number of aryl methyl sites for hydroxylation is 1. The number of nitrogens with one attached hydrogen (secondary N) is 1. The first-order chi connectivity index (χ1) is 17.3. The van der Waals surface area contributed by atoms with Crippen molar-refractivity contribution < 1.29 is 14.6 Å². The van der Waals surface area contributed by atoms with Crippen molar-refractivity contribution in [3.8, 4) is 28.4 Å². The number of aromatic hydroxyl groups is 2. The first kappa shape index (κ1) is 21.7. The first-order valence-electron chi connectivity index (χ1n) is 11.3. The summed E-state index contributed by atoms with van der Waals surface area (Å²) < 4.78 is 19.5. The fourth-order valence-corrected chi connectivity index (χ4v) is 5.14. The Balaban J connectivity index is 1.89. The monoisotopic (exact) mass is 484 g/mol. The molecule has 0 saturated heterocycles. The van der Waals surface area contributed by atoms with Gasteiger partial charge in [0.05, 0.1) is 39.7 Å². The van der Waals surface area contributed by atoms with E-state index in [1.165, 1.54) is 29.8 Å². The lowest BCUT2D eigenvalue weighted by Gasteiger charge is -2.31. The second-order valence-electron chi connectivity index (χ2n) is 8.82. The number of nitrogens with zero attached hydrogens (tertiary/aromatic N) is 3. The highest BCUT2D eigenvalue weighted by atomic mass is 19.1. The van der Waals surface area contributed by atoms with Crippen molar-refractivity contribution in [1.82, 2.24) is 13.7 Å². The van der Waals surface area contributed by atoms with Crippen molar-refractivity contribution in [2.24, 2.45) is 14.1 Å². The third-order valence-electron chi connectivity index (χ3n) is 6.78. The molecule has 0 amide bonds. The molecule has 180 valence electrons. The molecule has 8 nitrogen and oxygen atoms in total. The summed E-state index contributed by atoms with van der Waals surface area (Å²) in [6.45, 7) is 0. The summed E-state index contributed by atoms with van der Waals surface area (Å²) in [5.41, 5.74) is 1.99. The van der Waals surface area contributed by atoms with E-state index in [0.29, 0.717) is 33.8 Å². The predicted molar refractivity (Wildman–Crippen MR) is 134 cm³/mol. The van der Waals surface area contributed by atoms with Crippen molar-refractivity contribution in [3.63, 3.8) is 0 Å². The van der Waals surface area contributed by atoms with Gasteiger partial charge in [-0.25, -0.2) is 9.18 Å². The van der Waals surface area contributed by atoms with Gasteiger partial charge in [0.15, 0.2) is 0 Å². The SMILES string of the molecule is Cn1c(=O)c2c(-c3ccccc3F)n3c(c2n(C)c1=O)C(c1ccc(O)cc1O)Nc1ccccc1-3. The zero-order chi connectivity index (χ0) is 25.3. The van der Waals surface area contributed by atoms with E-state index in [0.717, 1.165) is 4.57 Å². The molecule has 2 aromatic heterocycles. The van der Waals surface area contributed by atoms with Crippen LogP contribution in [0.3, 0.4) is 0 Å². The molecule has 3 aromatic carbocycles. The minimum atomic E-state index is -0.735. The molecule has 1 aliphatic heterocycles. The highest BCUT2D eigenvalue weighted by Gasteiger charge is 2.36. The molecule has 0 bridgehead atoms. The van der Waals surface area contributed by atoms with E-state index in [2.05, 4.69) is 5.32 Å². The Bertz CT molecular complexity index is 1830. The number of hydrogen-bond acceptors (Lipinski definition) is 5. The van der Waals surface area contributed by atoms with Gasteiger partial charge in [0, 0.05) is 31.3 Å².